The summed E-state index contributed by atoms with van der Waals surface area (Å²) in [5.74, 6) is 0. The second kappa shape index (κ2) is 10.5. The zero-order chi connectivity index (χ0) is 17.9. The van der Waals surface area contributed by atoms with Crippen molar-refractivity contribution in [2.24, 2.45) is 0 Å². The molecule has 0 aliphatic carbocycles. The molecule has 1 aromatic carbocycles. The van der Waals surface area contributed by atoms with E-state index in [0.717, 1.165) is 38.4 Å². The zero-order valence-electron chi connectivity index (χ0n) is 14.9. The molecule has 0 atom stereocenters. The summed E-state index contributed by atoms with van der Waals surface area (Å²) < 4.78 is 5.05. The van der Waals surface area contributed by atoms with Crippen molar-refractivity contribution in [3.63, 3.8) is 0 Å². The van der Waals surface area contributed by atoms with Crippen molar-refractivity contribution in [3.8, 4) is 0 Å². The fourth-order valence-corrected chi connectivity index (χ4v) is 2.70. The number of methoxy groups -OCH3 is 1. The molecule has 1 aliphatic heterocycles. The number of hydrogen-bond donors (Lipinski definition) is 1. The molecule has 1 fully saturated rings. The van der Waals surface area contributed by atoms with Gasteiger partial charge in [-0.3, -0.25) is 4.90 Å². The van der Waals surface area contributed by atoms with Gasteiger partial charge < -0.3 is 15.0 Å². The first-order chi connectivity index (χ1) is 12.2. The average Bonchev–Trinajstić information content (AvgIpc) is 2.63. The predicted octanol–water partition coefficient (Wildman–Crippen LogP) is 3.15. The molecule has 0 unspecified atom stereocenters. The molecular weight excluding hydrogens is 314 g/mol. The summed E-state index contributed by atoms with van der Waals surface area (Å²) in [5, 5.41) is 2.94. The maximum absolute atomic E-state index is 12.3. The zero-order valence-corrected chi connectivity index (χ0v) is 14.9. The summed E-state index contributed by atoms with van der Waals surface area (Å²) in [5.41, 5.74) is 2.02. The minimum absolute atomic E-state index is 0.0345. The van der Waals surface area contributed by atoms with Crippen molar-refractivity contribution >= 4 is 11.7 Å². The molecule has 2 amide bonds. The lowest BCUT2D eigenvalue weighted by Gasteiger charge is -2.34. The molecule has 1 N–H and O–H groups in total. The van der Waals surface area contributed by atoms with Crippen LogP contribution in [0.3, 0.4) is 0 Å². The van der Waals surface area contributed by atoms with E-state index in [0.29, 0.717) is 6.61 Å². The smallest absolute Gasteiger partial charge is 0.321 e. The van der Waals surface area contributed by atoms with Gasteiger partial charge in [0.1, 0.15) is 0 Å². The Kier molecular flexibility index (Phi) is 7.95. The first-order valence-electron chi connectivity index (χ1n) is 8.53. The molecule has 1 aliphatic rings. The summed E-state index contributed by atoms with van der Waals surface area (Å²) in [4.78, 5) is 16.5. The summed E-state index contributed by atoms with van der Waals surface area (Å²) >= 11 is 0. The van der Waals surface area contributed by atoms with E-state index in [1.807, 2.05) is 47.4 Å². The van der Waals surface area contributed by atoms with E-state index in [-0.39, 0.29) is 6.03 Å². The van der Waals surface area contributed by atoms with Crippen LogP contribution in [0.15, 0.2) is 66.8 Å². The van der Waals surface area contributed by atoms with Crippen molar-refractivity contribution < 1.29 is 9.53 Å². The van der Waals surface area contributed by atoms with Crippen molar-refractivity contribution in [1.29, 1.82) is 0 Å². The van der Waals surface area contributed by atoms with Crippen LogP contribution in [0, 0.1) is 0 Å². The second-order valence-corrected chi connectivity index (χ2v) is 5.89. The summed E-state index contributed by atoms with van der Waals surface area (Å²) in [6.07, 6.45) is 7.88. The fraction of sp³-hybridized carbons (Fsp3) is 0.350. The SMILES string of the molecule is C=C/C=C(\C=C/COC)CN1CCN(C(=O)Nc2ccccc2)CC1. The minimum atomic E-state index is -0.0345. The van der Waals surface area contributed by atoms with E-state index in [2.05, 4.69) is 22.9 Å². The van der Waals surface area contributed by atoms with Gasteiger partial charge in [-0.05, 0) is 17.7 Å². The van der Waals surface area contributed by atoms with E-state index in [9.17, 15) is 4.79 Å². The van der Waals surface area contributed by atoms with E-state index >= 15 is 0 Å². The summed E-state index contributed by atoms with van der Waals surface area (Å²) in [6, 6.07) is 9.52. The van der Waals surface area contributed by atoms with Crippen LogP contribution in [0.25, 0.3) is 0 Å². The first kappa shape index (κ1) is 19.0. The lowest BCUT2D eigenvalue weighted by molar-refractivity contribution is 0.154. The normalized spacial score (nSPS) is 16.2. The van der Waals surface area contributed by atoms with Gasteiger partial charge in [0.05, 0.1) is 6.61 Å². The van der Waals surface area contributed by atoms with Gasteiger partial charge in [-0.2, -0.15) is 0 Å². The standard InChI is InChI=1S/C20H27N3O2/c1-3-8-18(9-7-16-25-2)17-22-12-14-23(15-13-22)20(24)21-19-10-5-4-6-11-19/h3-11H,1,12-17H2,2H3,(H,21,24)/b9-7-,18-8+. The van der Waals surface area contributed by atoms with Crippen LogP contribution in [0.2, 0.25) is 0 Å². The topological polar surface area (TPSA) is 44.8 Å². The van der Waals surface area contributed by atoms with Gasteiger partial charge in [0.15, 0.2) is 0 Å². The number of piperazine rings is 1. The number of carbonyl (C=O) groups excluding carboxylic acids is 1. The van der Waals surface area contributed by atoms with Crippen LogP contribution in [-0.4, -0.2) is 62.3 Å². The third-order valence-electron chi connectivity index (χ3n) is 4.02. The number of anilines is 1. The number of nitrogens with one attached hydrogen (secondary N) is 1. The highest BCUT2D eigenvalue weighted by atomic mass is 16.5. The van der Waals surface area contributed by atoms with Crippen LogP contribution in [0.1, 0.15) is 0 Å². The van der Waals surface area contributed by atoms with Gasteiger partial charge in [0.25, 0.3) is 0 Å². The van der Waals surface area contributed by atoms with Crippen LogP contribution < -0.4 is 5.32 Å². The minimum Gasteiger partial charge on any atom is -0.381 e. The first-order valence-corrected chi connectivity index (χ1v) is 8.53. The number of urea groups is 1. The van der Waals surface area contributed by atoms with Gasteiger partial charge in [-0.15, -0.1) is 0 Å². The molecule has 5 heteroatoms. The van der Waals surface area contributed by atoms with E-state index < -0.39 is 0 Å². The van der Waals surface area contributed by atoms with Crippen molar-refractivity contribution in [2.75, 3.05) is 51.8 Å². The van der Waals surface area contributed by atoms with Crippen LogP contribution in [0.5, 0.6) is 0 Å². The summed E-state index contributed by atoms with van der Waals surface area (Å²) in [7, 11) is 1.68. The Morgan fingerprint density at radius 1 is 1.24 bits per heavy atom. The number of allylic oxidation sites excluding steroid dienone is 2. The number of rotatable bonds is 7. The number of nitrogens with zero attached hydrogens (tertiary/aromatic N) is 2. The largest absolute Gasteiger partial charge is 0.381 e. The monoisotopic (exact) mass is 341 g/mol. The second-order valence-electron chi connectivity index (χ2n) is 5.89. The molecule has 1 heterocycles. The van der Waals surface area contributed by atoms with Gasteiger partial charge >= 0.3 is 6.03 Å². The van der Waals surface area contributed by atoms with Crippen molar-refractivity contribution in [1.82, 2.24) is 9.80 Å². The van der Waals surface area contributed by atoms with Crippen LogP contribution in [0.4, 0.5) is 10.5 Å². The third kappa shape index (κ3) is 6.57. The Bertz CT molecular complexity index is 603. The Morgan fingerprint density at radius 3 is 2.60 bits per heavy atom. The predicted molar refractivity (Wildman–Crippen MR) is 103 cm³/mol. The molecule has 134 valence electrons. The molecule has 0 saturated carbocycles. The molecule has 2 rings (SSSR count). The molecule has 0 aromatic heterocycles. The highest BCUT2D eigenvalue weighted by Crippen LogP contribution is 2.10. The molecule has 1 saturated heterocycles. The van der Waals surface area contributed by atoms with E-state index in [4.69, 9.17) is 4.74 Å². The molecule has 0 radical (unpaired) electrons. The number of hydrogen-bond acceptors (Lipinski definition) is 3. The molecule has 1 aromatic rings. The van der Waals surface area contributed by atoms with E-state index in [1.54, 1.807) is 13.2 Å². The molecule has 25 heavy (non-hydrogen) atoms. The van der Waals surface area contributed by atoms with E-state index in [1.165, 1.54) is 5.57 Å². The Balaban J connectivity index is 1.81. The van der Waals surface area contributed by atoms with Crippen molar-refractivity contribution in [3.05, 3.63) is 66.8 Å². The molecule has 5 nitrogen and oxygen atoms in total. The molecular formula is C20H27N3O2. The Morgan fingerprint density at radius 2 is 1.96 bits per heavy atom. The van der Waals surface area contributed by atoms with Crippen LogP contribution in [-0.2, 0) is 4.74 Å². The Labute approximate surface area is 150 Å². The quantitative estimate of drug-likeness (QED) is 0.775. The number of carbonyl (C=O) groups is 1. The summed E-state index contributed by atoms with van der Waals surface area (Å²) in [6.45, 7) is 8.38. The maximum Gasteiger partial charge on any atom is 0.321 e. The fourth-order valence-electron chi connectivity index (χ4n) is 2.70. The number of benzene rings is 1. The van der Waals surface area contributed by atoms with Gasteiger partial charge in [0.2, 0.25) is 0 Å². The number of ether oxygens (including phenoxy) is 1. The van der Waals surface area contributed by atoms with Gasteiger partial charge in [-0.1, -0.05) is 49.1 Å². The lowest BCUT2D eigenvalue weighted by atomic mass is 10.2. The van der Waals surface area contributed by atoms with Gasteiger partial charge in [-0.25, -0.2) is 4.79 Å². The molecule has 0 bridgehead atoms. The molecule has 0 spiro atoms. The highest BCUT2D eigenvalue weighted by molar-refractivity contribution is 5.89. The maximum atomic E-state index is 12.3. The Hall–Kier alpha value is -2.37. The van der Waals surface area contributed by atoms with Gasteiger partial charge in [0, 0.05) is 45.5 Å². The number of amides is 2. The van der Waals surface area contributed by atoms with Crippen LogP contribution >= 0.6 is 0 Å². The van der Waals surface area contributed by atoms with Crippen molar-refractivity contribution in [2.45, 2.75) is 0 Å². The highest BCUT2D eigenvalue weighted by Gasteiger charge is 2.21. The number of para-hydroxylation sites is 1. The third-order valence-corrected chi connectivity index (χ3v) is 4.02. The lowest BCUT2D eigenvalue weighted by Crippen LogP contribution is -2.50. The average molecular weight is 341 g/mol.